The maximum absolute atomic E-state index is 5.67. The van der Waals surface area contributed by atoms with Crippen molar-refractivity contribution in [1.29, 1.82) is 0 Å². The first-order valence-electron chi connectivity index (χ1n) is 8.84. The molecule has 0 amide bonds. The molecule has 0 radical (unpaired) electrons. The molecule has 3 rings (SSSR count). The van der Waals surface area contributed by atoms with Crippen LogP contribution in [0.1, 0.15) is 18.1 Å². The molecule has 1 heterocycles. The molecule has 0 atom stereocenters. The Kier molecular flexibility index (Phi) is 6.19. The standard InChI is InChI=1S/C20H25N3O3/c1-3-24-17-7-5-4-6-16(17)10-11-22-20(21-2)23-13-15-8-9-18-19(12-15)26-14-25-18/h4-9,12H,3,10-11,13-14H2,1-2H3,(H2,21,22,23). The van der Waals surface area contributed by atoms with E-state index >= 15 is 0 Å². The monoisotopic (exact) mass is 355 g/mol. The van der Waals surface area contributed by atoms with E-state index in [1.807, 2.05) is 43.3 Å². The molecule has 138 valence electrons. The lowest BCUT2D eigenvalue weighted by Crippen LogP contribution is -2.37. The summed E-state index contributed by atoms with van der Waals surface area (Å²) in [5.41, 5.74) is 2.30. The molecular weight excluding hydrogens is 330 g/mol. The van der Waals surface area contributed by atoms with Crippen molar-refractivity contribution < 1.29 is 14.2 Å². The van der Waals surface area contributed by atoms with Crippen molar-refractivity contribution in [3.63, 3.8) is 0 Å². The molecule has 0 aliphatic carbocycles. The molecule has 2 aromatic rings. The van der Waals surface area contributed by atoms with Crippen molar-refractivity contribution in [2.75, 3.05) is 27.0 Å². The molecule has 0 bridgehead atoms. The average molecular weight is 355 g/mol. The van der Waals surface area contributed by atoms with Gasteiger partial charge in [-0.25, -0.2) is 0 Å². The van der Waals surface area contributed by atoms with Crippen molar-refractivity contribution in [2.45, 2.75) is 19.9 Å². The zero-order valence-electron chi connectivity index (χ0n) is 15.2. The van der Waals surface area contributed by atoms with Crippen LogP contribution in [-0.2, 0) is 13.0 Å². The lowest BCUT2D eigenvalue weighted by atomic mass is 10.1. The largest absolute Gasteiger partial charge is 0.494 e. The van der Waals surface area contributed by atoms with Crippen molar-refractivity contribution in [1.82, 2.24) is 10.6 Å². The molecule has 1 aliphatic heterocycles. The van der Waals surface area contributed by atoms with Gasteiger partial charge in [0.2, 0.25) is 6.79 Å². The van der Waals surface area contributed by atoms with Crippen molar-refractivity contribution >= 4 is 5.96 Å². The van der Waals surface area contributed by atoms with E-state index in [9.17, 15) is 0 Å². The van der Waals surface area contributed by atoms with E-state index in [4.69, 9.17) is 14.2 Å². The summed E-state index contributed by atoms with van der Waals surface area (Å²) in [6, 6.07) is 14.1. The summed E-state index contributed by atoms with van der Waals surface area (Å²) >= 11 is 0. The molecule has 1 aliphatic rings. The van der Waals surface area contributed by atoms with Crippen LogP contribution in [0.3, 0.4) is 0 Å². The minimum Gasteiger partial charge on any atom is -0.494 e. The van der Waals surface area contributed by atoms with E-state index in [1.165, 1.54) is 5.56 Å². The zero-order chi connectivity index (χ0) is 18.2. The first-order valence-corrected chi connectivity index (χ1v) is 8.84. The summed E-state index contributed by atoms with van der Waals surface area (Å²) in [6.45, 7) is 4.38. The van der Waals surface area contributed by atoms with Crippen LogP contribution in [0.15, 0.2) is 47.5 Å². The van der Waals surface area contributed by atoms with Crippen LogP contribution in [0.2, 0.25) is 0 Å². The normalized spacial score (nSPS) is 12.8. The van der Waals surface area contributed by atoms with Crippen LogP contribution in [-0.4, -0.2) is 33.0 Å². The number of nitrogens with one attached hydrogen (secondary N) is 2. The molecule has 0 fully saturated rings. The summed E-state index contributed by atoms with van der Waals surface area (Å²) in [6.07, 6.45) is 0.862. The third kappa shape index (κ3) is 4.59. The third-order valence-corrected chi connectivity index (χ3v) is 4.08. The Morgan fingerprint density at radius 2 is 1.96 bits per heavy atom. The fraction of sp³-hybridized carbons (Fsp3) is 0.350. The second-order valence-electron chi connectivity index (χ2n) is 5.83. The fourth-order valence-electron chi connectivity index (χ4n) is 2.78. The predicted octanol–water partition coefficient (Wildman–Crippen LogP) is 2.72. The molecular formula is C20H25N3O3. The maximum atomic E-state index is 5.67. The zero-order valence-corrected chi connectivity index (χ0v) is 15.2. The van der Waals surface area contributed by atoms with Crippen LogP contribution in [0, 0.1) is 0 Å². The SMILES string of the molecule is CCOc1ccccc1CCNC(=NC)NCc1ccc2c(c1)OCO2. The second-order valence-corrected chi connectivity index (χ2v) is 5.83. The van der Waals surface area contributed by atoms with Crippen LogP contribution >= 0.6 is 0 Å². The summed E-state index contributed by atoms with van der Waals surface area (Å²) in [4.78, 5) is 4.27. The van der Waals surface area contributed by atoms with E-state index in [0.29, 0.717) is 19.9 Å². The van der Waals surface area contributed by atoms with Crippen molar-refractivity contribution in [3.8, 4) is 17.2 Å². The van der Waals surface area contributed by atoms with E-state index in [2.05, 4.69) is 21.7 Å². The first kappa shape index (κ1) is 17.9. The summed E-state index contributed by atoms with van der Waals surface area (Å²) in [5.74, 6) is 3.29. The Morgan fingerprint density at radius 3 is 2.81 bits per heavy atom. The number of guanidine groups is 1. The van der Waals surface area contributed by atoms with Crippen LogP contribution in [0.25, 0.3) is 0 Å². The minimum atomic E-state index is 0.290. The number of hydrogen-bond donors (Lipinski definition) is 2. The van der Waals surface area contributed by atoms with Gasteiger partial charge in [0.15, 0.2) is 17.5 Å². The van der Waals surface area contributed by atoms with Crippen LogP contribution in [0.4, 0.5) is 0 Å². The molecule has 6 heteroatoms. The predicted molar refractivity (Wildman–Crippen MR) is 102 cm³/mol. The van der Waals surface area contributed by atoms with Crippen molar-refractivity contribution in [3.05, 3.63) is 53.6 Å². The Labute approximate surface area is 154 Å². The van der Waals surface area contributed by atoms with Crippen LogP contribution < -0.4 is 24.8 Å². The van der Waals surface area contributed by atoms with Gasteiger partial charge in [0, 0.05) is 20.1 Å². The first-order chi connectivity index (χ1) is 12.8. The number of para-hydroxylation sites is 1. The third-order valence-electron chi connectivity index (χ3n) is 4.08. The molecule has 0 spiro atoms. The lowest BCUT2D eigenvalue weighted by molar-refractivity contribution is 0.174. The van der Waals surface area contributed by atoms with Crippen LogP contribution in [0.5, 0.6) is 17.2 Å². The molecule has 0 saturated heterocycles. The van der Waals surface area contributed by atoms with E-state index in [0.717, 1.165) is 41.7 Å². The highest BCUT2D eigenvalue weighted by Crippen LogP contribution is 2.32. The number of benzene rings is 2. The molecule has 2 N–H and O–H groups in total. The lowest BCUT2D eigenvalue weighted by Gasteiger charge is -2.14. The Morgan fingerprint density at radius 1 is 1.12 bits per heavy atom. The number of nitrogens with zero attached hydrogens (tertiary/aromatic N) is 1. The highest BCUT2D eigenvalue weighted by atomic mass is 16.7. The number of rotatable bonds is 7. The summed E-state index contributed by atoms with van der Waals surface area (Å²) in [5, 5.41) is 6.65. The molecule has 26 heavy (non-hydrogen) atoms. The minimum absolute atomic E-state index is 0.290. The highest BCUT2D eigenvalue weighted by Gasteiger charge is 2.13. The number of fused-ring (bicyclic) bond motifs is 1. The molecule has 0 aromatic heterocycles. The van der Waals surface area contributed by atoms with E-state index in [-0.39, 0.29) is 0 Å². The van der Waals surface area contributed by atoms with E-state index < -0.39 is 0 Å². The van der Waals surface area contributed by atoms with Crippen molar-refractivity contribution in [2.24, 2.45) is 4.99 Å². The Bertz CT molecular complexity index is 762. The van der Waals surface area contributed by atoms with Gasteiger partial charge in [0.1, 0.15) is 5.75 Å². The summed E-state index contributed by atoms with van der Waals surface area (Å²) < 4.78 is 16.4. The van der Waals surface area contributed by atoms with E-state index in [1.54, 1.807) is 7.05 Å². The maximum Gasteiger partial charge on any atom is 0.231 e. The Hall–Kier alpha value is -2.89. The van der Waals surface area contributed by atoms with Gasteiger partial charge in [0.25, 0.3) is 0 Å². The van der Waals surface area contributed by atoms with Gasteiger partial charge in [0.05, 0.1) is 6.61 Å². The van der Waals surface area contributed by atoms with Gasteiger partial charge in [-0.1, -0.05) is 24.3 Å². The smallest absolute Gasteiger partial charge is 0.231 e. The molecule has 6 nitrogen and oxygen atoms in total. The van der Waals surface area contributed by atoms with Gasteiger partial charge in [-0.2, -0.15) is 0 Å². The number of ether oxygens (including phenoxy) is 3. The Balaban J connectivity index is 1.48. The quantitative estimate of drug-likeness (QED) is 0.591. The highest BCUT2D eigenvalue weighted by molar-refractivity contribution is 5.79. The average Bonchev–Trinajstić information content (AvgIpc) is 3.14. The van der Waals surface area contributed by atoms with Gasteiger partial charge in [-0.15, -0.1) is 0 Å². The summed E-state index contributed by atoms with van der Waals surface area (Å²) in [7, 11) is 1.77. The topological polar surface area (TPSA) is 64.1 Å². The number of aliphatic imine (C=N–C) groups is 1. The van der Waals surface area contributed by atoms with Gasteiger partial charge in [-0.05, 0) is 42.7 Å². The molecule has 0 saturated carbocycles. The molecule has 0 unspecified atom stereocenters. The second kappa shape index (κ2) is 8.99. The number of hydrogen-bond acceptors (Lipinski definition) is 4. The van der Waals surface area contributed by atoms with Gasteiger partial charge in [-0.3, -0.25) is 4.99 Å². The molecule has 2 aromatic carbocycles. The fourth-order valence-corrected chi connectivity index (χ4v) is 2.78. The van der Waals surface area contributed by atoms with Gasteiger partial charge < -0.3 is 24.8 Å². The van der Waals surface area contributed by atoms with Gasteiger partial charge >= 0.3 is 0 Å².